The monoisotopic (exact) mass is 536 g/mol. The summed E-state index contributed by atoms with van der Waals surface area (Å²) in [5.74, 6) is 2.69. The van der Waals surface area contributed by atoms with Gasteiger partial charge in [-0.1, -0.05) is 53.2 Å². The zero-order valence-electron chi connectivity index (χ0n) is 21.1. The molecule has 2 saturated carbocycles. The van der Waals surface area contributed by atoms with E-state index in [1.807, 2.05) is 30.3 Å². The fourth-order valence-electron chi connectivity index (χ4n) is 5.87. The molecular formula is C31H25ClN4O3. The van der Waals surface area contributed by atoms with Crippen molar-refractivity contribution >= 4 is 33.8 Å². The zero-order valence-corrected chi connectivity index (χ0v) is 21.9. The molecule has 3 aromatic carbocycles. The number of hydrogen-bond acceptors (Lipinski definition) is 5. The zero-order chi connectivity index (χ0) is 26.1. The van der Waals surface area contributed by atoms with Crippen LogP contribution in [0.25, 0.3) is 22.2 Å². The molecule has 7 nitrogen and oxygen atoms in total. The molecule has 0 amide bonds. The first kappa shape index (κ1) is 22.8. The maximum Gasteiger partial charge on any atom is 0.439 e. The molecule has 0 bridgehead atoms. The van der Waals surface area contributed by atoms with Gasteiger partial charge in [0.05, 0.1) is 10.5 Å². The van der Waals surface area contributed by atoms with Crippen molar-refractivity contribution < 1.29 is 9.26 Å². The van der Waals surface area contributed by atoms with Crippen LogP contribution in [0, 0.1) is 5.92 Å². The van der Waals surface area contributed by atoms with E-state index in [1.54, 1.807) is 0 Å². The highest BCUT2D eigenvalue weighted by Crippen LogP contribution is 2.49. The fourth-order valence-corrected chi connectivity index (χ4v) is 6.08. The van der Waals surface area contributed by atoms with Gasteiger partial charge in [-0.25, -0.2) is 9.78 Å². The number of imidazole rings is 1. The van der Waals surface area contributed by atoms with Gasteiger partial charge in [0.25, 0.3) is 0 Å². The number of aromatic nitrogens is 4. The molecule has 0 atom stereocenters. The van der Waals surface area contributed by atoms with E-state index in [-0.39, 0.29) is 0 Å². The quantitative estimate of drug-likeness (QED) is 0.275. The van der Waals surface area contributed by atoms with Gasteiger partial charge in [-0.2, -0.15) is 0 Å². The lowest BCUT2D eigenvalue weighted by Gasteiger charge is -2.17. The average molecular weight is 537 g/mol. The Kier molecular flexibility index (Phi) is 5.10. The van der Waals surface area contributed by atoms with Crippen LogP contribution in [-0.2, 0) is 13.2 Å². The molecule has 2 aliphatic carbocycles. The molecule has 1 N–H and O–H groups in total. The van der Waals surface area contributed by atoms with Crippen LogP contribution in [0.1, 0.15) is 65.5 Å². The number of halogens is 1. The lowest BCUT2D eigenvalue weighted by atomic mass is 9.87. The normalized spacial score (nSPS) is 17.9. The van der Waals surface area contributed by atoms with Crippen molar-refractivity contribution in [2.75, 3.05) is 0 Å². The maximum absolute atomic E-state index is 11.9. The van der Waals surface area contributed by atoms with E-state index < -0.39 is 5.76 Å². The van der Waals surface area contributed by atoms with Crippen molar-refractivity contribution in [1.82, 2.24) is 19.7 Å². The van der Waals surface area contributed by atoms with Gasteiger partial charge in [-0.05, 0) is 72.6 Å². The van der Waals surface area contributed by atoms with E-state index in [0.717, 1.165) is 63.3 Å². The minimum atomic E-state index is -0.545. The van der Waals surface area contributed by atoms with Gasteiger partial charge in [0.2, 0.25) is 0 Å². The molecule has 0 spiro atoms. The third-order valence-corrected chi connectivity index (χ3v) is 8.28. The molecule has 8 rings (SSSR count). The highest BCUT2D eigenvalue weighted by Gasteiger charge is 2.35. The topological polar surface area (TPSA) is 85.9 Å². The summed E-state index contributed by atoms with van der Waals surface area (Å²) >= 11 is 6.52. The highest BCUT2D eigenvalue weighted by atomic mass is 35.5. The number of para-hydroxylation sites is 2. The lowest BCUT2D eigenvalue weighted by molar-refractivity contribution is 0.307. The first-order valence-corrected chi connectivity index (χ1v) is 13.8. The van der Waals surface area contributed by atoms with Gasteiger partial charge in [0.1, 0.15) is 23.7 Å². The van der Waals surface area contributed by atoms with Crippen LogP contribution in [0.4, 0.5) is 0 Å². The number of nitrogens with one attached hydrogen (secondary N) is 1. The summed E-state index contributed by atoms with van der Waals surface area (Å²) in [5.41, 5.74) is 8.36. The molecule has 3 aliphatic rings. The Labute approximate surface area is 229 Å². The Morgan fingerprint density at radius 2 is 1.90 bits per heavy atom. The first-order chi connectivity index (χ1) is 19.1. The number of nitrogens with zero attached hydrogens (tertiary/aromatic N) is 3. The van der Waals surface area contributed by atoms with Gasteiger partial charge < -0.3 is 9.30 Å². The molecule has 2 fully saturated rings. The van der Waals surface area contributed by atoms with E-state index in [9.17, 15) is 4.79 Å². The van der Waals surface area contributed by atoms with Gasteiger partial charge in [0, 0.05) is 29.2 Å². The molecule has 194 valence electrons. The number of rotatable bonds is 5. The second-order valence-electron chi connectivity index (χ2n) is 10.7. The van der Waals surface area contributed by atoms with Gasteiger partial charge in [-0.15, -0.1) is 0 Å². The second-order valence-corrected chi connectivity index (χ2v) is 11.1. The molecule has 0 radical (unpaired) electrons. The Hall–Kier alpha value is -4.10. The van der Waals surface area contributed by atoms with Gasteiger partial charge >= 0.3 is 5.76 Å². The van der Waals surface area contributed by atoms with Crippen molar-refractivity contribution in [3.8, 4) is 5.75 Å². The van der Waals surface area contributed by atoms with E-state index in [0.29, 0.717) is 35.8 Å². The highest BCUT2D eigenvalue weighted by molar-refractivity contribution is 6.34. The largest absolute Gasteiger partial charge is 0.488 e. The fraction of sp³-hybridized carbons (Fsp3) is 0.258. The Morgan fingerprint density at radius 1 is 1.03 bits per heavy atom. The van der Waals surface area contributed by atoms with Crippen molar-refractivity contribution in [2.45, 2.75) is 44.8 Å². The Bertz CT molecular complexity index is 1860. The van der Waals surface area contributed by atoms with Crippen LogP contribution in [-0.4, -0.2) is 19.7 Å². The summed E-state index contributed by atoms with van der Waals surface area (Å²) in [6.07, 6.45) is 4.42. The minimum absolute atomic E-state index is 0.308. The van der Waals surface area contributed by atoms with Crippen molar-refractivity contribution in [1.29, 1.82) is 0 Å². The van der Waals surface area contributed by atoms with Crippen LogP contribution in [0.5, 0.6) is 5.75 Å². The molecule has 2 aromatic heterocycles. The summed E-state index contributed by atoms with van der Waals surface area (Å²) in [5, 5.41) is 4.79. The second kappa shape index (κ2) is 8.71. The third-order valence-electron chi connectivity index (χ3n) is 7.97. The summed E-state index contributed by atoms with van der Waals surface area (Å²) in [6, 6.07) is 20.7. The predicted molar refractivity (Wildman–Crippen MR) is 149 cm³/mol. The molecular weight excluding hydrogens is 512 g/mol. The molecule has 0 unspecified atom stereocenters. The molecule has 5 aromatic rings. The SMILES string of the molecule is O=c1[nH]c(C(=C2c3ccc(Cn4c(C5CC5)nc5c(Cl)cccc54)cc3COc3ccccc32)C2CC2)no1. The first-order valence-electron chi connectivity index (χ1n) is 13.4. The predicted octanol–water partition coefficient (Wildman–Crippen LogP) is 6.55. The molecule has 1 aliphatic heterocycles. The van der Waals surface area contributed by atoms with Crippen molar-refractivity contribution in [2.24, 2.45) is 5.92 Å². The van der Waals surface area contributed by atoms with Crippen molar-refractivity contribution in [3.05, 3.63) is 110 Å². The van der Waals surface area contributed by atoms with E-state index >= 15 is 0 Å². The Morgan fingerprint density at radius 3 is 2.69 bits per heavy atom. The molecule has 39 heavy (non-hydrogen) atoms. The molecule has 3 heterocycles. The summed E-state index contributed by atoms with van der Waals surface area (Å²) in [7, 11) is 0. The number of H-pyrrole nitrogens is 1. The minimum Gasteiger partial charge on any atom is -0.488 e. The van der Waals surface area contributed by atoms with E-state index in [2.05, 4.69) is 45.0 Å². The van der Waals surface area contributed by atoms with Crippen LogP contribution in [0.15, 0.2) is 70.0 Å². The number of hydrogen-bond donors (Lipinski definition) is 1. The van der Waals surface area contributed by atoms with Crippen molar-refractivity contribution in [3.63, 3.8) is 0 Å². The van der Waals surface area contributed by atoms with Crippen LogP contribution in [0.2, 0.25) is 5.02 Å². The number of fused-ring (bicyclic) bond motifs is 3. The van der Waals surface area contributed by atoms with Gasteiger partial charge in [-0.3, -0.25) is 9.51 Å². The molecule has 8 heteroatoms. The maximum atomic E-state index is 11.9. The third kappa shape index (κ3) is 3.91. The average Bonchev–Trinajstić information content (AvgIpc) is 3.88. The summed E-state index contributed by atoms with van der Waals surface area (Å²) in [4.78, 5) is 19.7. The Balaban J connectivity index is 1.29. The smallest absolute Gasteiger partial charge is 0.439 e. The number of allylic oxidation sites excluding steroid dienone is 1. The number of benzene rings is 3. The lowest BCUT2D eigenvalue weighted by Crippen LogP contribution is -2.06. The summed E-state index contributed by atoms with van der Waals surface area (Å²) in [6.45, 7) is 1.15. The van der Waals surface area contributed by atoms with E-state index in [4.69, 9.17) is 25.8 Å². The number of aromatic amines is 1. The standard InChI is InChI=1S/C31H25ClN4O3/c32-23-5-3-6-24-28(23)33-30(19-11-12-19)36(24)15-17-8-13-21-20(14-17)16-38-25-7-2-1-4-22(25)27(21)26(18-9-10-18)29-34-31(37)39-35-29/h1-8,13-14,18-19H,9-12,15-16H2,(H,34,35,37). The number of ether oxygens (including phenoxy) is 1. The van der Waals surface area contributed by atoms with Crippen LogP contribution in [0.3, 0.4) is 0 Å². The van der Waals surface area contributed by atoms with Crippen LogP contribution >= 0.6 is 11.6 Å². The van der Waals surface area contributed by atoms with Crippen LogP contribution < -0.4 is 10.5 Å². The van der Waals surface area contributed by atoms with E-state index in [1.165, 1.54) is 18.4 Å². The van der Waals surface area contributed by atoms with Gasteiger partial charge in [0.15, 0.2) is 5.82 Å². The summed E-state index contributed by atoms with van der Waals surface area (Å²) < 4.78 is 13.6. The molecule has 0 saturated heterocycles.